The quantitative estimate of drug-likeness (QED) is 0.851. The lowest BCUT2D eigenvalue weighted by molar-refractivity contribution is 0.0771. The van der Waals surface area contributed by atoms with E-state index in [1.54, 1.807) is 17.0 Å². The Labute approximate surface area is 145 Å². The summed E-state index contributed by atoms with van der Waals surface area (Å²) in [4.78, 5) is 16.6. The van der Waals surface area contributed by atoms with Gasteiger partial charge in [-0.3, -0.25) is 4.79 Å². The summed E-state index contributed by atoms with van der Waals surface area (Å²) in [6.07, 6.45) is 4.87. The minimum absolute atomic E-state index is 0. The number of likely N-dealkylation sites (tertiary alicyclic amines) is 1. The van der Waals surface area contributed by atoms with Gasteiger partial charge in [-0.1, -0.05) is 18.6 Å². The number of rotatable bonds is 4. The van der Waals surface area contributed by atoms with E-state index in [2.05, 4.69) is 11.9 Å². The molecule has 0 radical (unpaired) electrons. The maximum Gasteiger partial charge on any atom is 0.255 e. The van der Waals surface area contributed by atoms with Crippen molar-refractivity contribution in [3.8, 4) is 0 Å². The van der Waals surface area contributed by atoms with Crippen LogP contribution in [0.1, 0.15) is 36.0 Å². The minimum atomic E-state index is 0. The Morgan fingerprint density at radius 1 is 1.32 bits per heavy atom. The molecule has 0 aromatic heterocycles. The maximum atomic E-state index is 12.4. The van der Waals surface area contributed by atoms with Gasteiger partial charge in [-0.05, 0) is 45.0 Å². The Morgan fingerprint density at radius 2 is 2.00 bits per heavy atom. The highest BCUT2D eigenvalue weighted by Crippen LogP contribution is 2.19. The fourth-order valence-electron chi connectivity index (χ4n) is 2.85. The molecule has 0 saturated carbocycles. The average Bonchev–Trinajstić information content (AvgIpc) is 2.46. The highest BCUT2D eigenvalue weighted by atomic mass is 35.5. The smallest absolute Gasteiger partial charge is 0.255 e. The van der Waals surface area contributed by atoms with E-state index in [0.717, 1.165) is 13.0 Å². The molecule has 0 bridgehead atoms. The molecule has 1 atom stereocenters. The van der Waals surface area contributed by atoms with Crippen LogP contribution in [0.15, 0.2) is 24.3 Å². The molecule has 2 N–H and O–H groups in total. The van der Waals surface area contributed by atoms with E-state index in [9.17, 15) is 4.79 Å². The SMILES string of the molecule is CN(CCC1CCCCN1C)C(=O)c1ccccc1N.Cl.Cl. The van der Waals surface area contributed by atoms with Crippen LogP contribution < -0.4 is 5.73 Å². The zero-order valence-corrected chi connectivity index (χ0v) is 15.0. The van der Waals surface area contributed by atoms with Gasteiger partial charge in [-0.15, -0.1) is 24.8 Å². The van der Waals surface area contributed by atoms with Crippen LogP contribution in [0, 0.1) is 0 Å². The lowest BCUT2D eigenvalue weighted by Gasteiger charge is -2.33. The summed E-state index contributed by atoms with van der Waals surface area (Å²) in [5.74, 6) is 0.0153. The Hall–Kier alpha value is -0.970. The Balaban J connectivity index is 0.00000220. The largest absolute Gasteiger partial charge is 0.398 e. The average molecular weight is 348 g/mol. The molecule has 1 aliphatic heterocycles. The van der Waals surface area contributed by atoms with Crippen LogP contribution in [0.3, 0.4) is 0 Å². The summed E-state index contributed by atoms with van der Waals surface area (Å²) in [5.41, 5.74) is 7.02. The van der Waals surface area contributed by atoms with Crippen LogP contribution in [0.25, 0.3) is 0 Å². The second kappa shape index (κ2) is 9.93. The third-order valence-electron chi connectivity index (χ3n) is 4.26. The number of nitrogen functional groups attached to an aromatic ring is 1. The number of carbonyl (C=O) groups is 1. The second-order valence-corrected chi connectivity index (χ2v) is 5.73. The molecule has 1 aliphatic rings. The number of hydrogen-bond donors (Lipinski definition) is 1. The predicted molar refractivity (Wildman–Crippen MR) is 97.2 cm³/mol. The van der Waals surface area contributed by atoms with Crippen molar-refractivity contribution in [3.63, 3.8) is 0 Å². The zero-order chi connectivity index (χ0) is 14.5. The highest BCUT2D eigenvalue weighted by molar-refractivity contribution is 5.98. The Bertz CT molecular complexity index is 470. The van der Waals surface area contributed by atoms with E-state index in [1.165, 1.54) is 25.8 Å². The Morgan fingerprint density at radius 3 is 2.64 bits per heavy atom. The van der Waals surface area contributed by atoms with Crippen molar-refractivity contribution in [2.75, 3.05) is 32.9 Å². The number of carbonyl (C=O) groups excluding carboxylic acids is 1. The van der Waals surface area contributed by atoms with Crippen molar-refractivity contribution in [1.82, 2.24) is 9.80 Å². The van der Waals surface area contributed by atoms with Crippen molar-refractivity contribution in [2.45, 2.75) is 31.7 Å². The van der Waals surface area contributed by atoms with Gasteiger partial charge in [-0.25, -0.2) is 0 Å². The molecule has 126 valence electrons. The van der Waals surface area contributed by atoms with Gasteiger partial charge in [0.2, 0.25) is 0 Å². The first-order chi connectivity index (χ1) is 9.59. The zero-order valence-electron chi connectivity index (χ0n) is 13.3. The number of nitrogens with zero attached hydrogens (tertiary/aromatic N) is 2. The van der Waals surface area contributed by atoms with Crippen molar-refractivity contribution < 1.29 is 4.79 Å². The van der Waals surface area contributed by atoms with E-state index in [0.29, 0.717) is 17.3 Å². The first kappa shape index (κ1) is 21.0. The number of piperidine rings is 1. The second-order valence-electron chi connectivity index (χ2n) is 5.73. The molecule has 1 unspecified atom stereocenters. The number of amides is 1. The number of benzene rings is 1. The normalized spacial score (nSPS) is 18.0. The molecule has 1 heterocycles. The molecule has 2 rings (SSSR count). The van der Waals surface area contributed by atoms with E-state index < -0.39 is 0 Å². The van der Waals surface area contributed by atoms with Crippen LogP contribution in [-0.2, 0) is 0 Å². The molecule has 22 heavy (non-hydrogen) atoms. The molecule has 1 aromatic rings. The monoisotopic (exact) mass is 347 g/mol. The molecule has 0 spiro atoms. The molecule has 0 aliphatic carbocycles. The number of para-hydroxylation sites is 1. The molecular weight excluding hydrogens is 321 g/mol. The van der Waals surface area contributed by atoms with Crippen LogP contribution >= 0.6 is 24.8 Å². The first-order valence-electron chi connectivity index (χ1n) is 7.40. The summed E-state index contributed by atoms with van der Waals surface area (Å²) >= 11 is 0. The fraction of sp³-hybridized carbons (Fsp3) is 0.562. The molecule has 1 aromatic carbocycles. The summed E-state index contributed by atoms with van der Waals surface area (Å²) in [7, 11) is 4.04. The van der Waals surface area contributed by atoms with Gasteiger partial charge in [0.25, 0.3) is 5.91 Å². The topological polar surface area (TPSA) is 49.6 Å². The number of nitrogens with two attached hydrogens (primary N) is 1. The van der Waals surface area contributed by atoms with Crippen LogP contribution in [0.4, 0.5) is 5.69 Å². The van der Waals surface area contributed by atoms with Crippen LogP contribution in [0.5, 0.6) is 0 Å². The molecule has 1 saturated heterocycles. The summed E-state index contributed by atoms with van der Waals surface area (Å²) in [6, 6.07) is 7.87. The number of anilines is 1. The Kier molecular flexibility index (Phi) is 9.49. The van der Waals surface area contributed by atoms with E-state index in [4.69, 9.17) is 5.73 Å². The summed E-state index contributed by atoms with van der Waals surface area (Å²) in [5, 5.41) is 0. The van der Waals surface area contributed by atoms with Crippen molar-refractivity contribution in [1.29, 1.82) is 0 Å². The van der Waals surface area contributed by atoms with Gasteiger partial charge in [-0.2, -0.15) is 0 Å². The standard InChI is InChI=1S/C16H25N3O.2ClH/c1-18-11-6-5-7-13(18)10-12-19(2)16(20)14-8-3-4-9-15(14)17;;/h3-4,8-9,13H,5-7,10-12,17H2,1-2H3;2*1H. The van der Waals surface area contributed by atoms with Gasteiger partial charge in [0.05, 0.1) is 5.56 Å². The van der Waals surface area contributed by atoms with Gasteiger partial charge in [0.15, 0.2) is 0 Å². The van der Waals surface area contributed by atoms with E-state index in [1.807, 2.05) is 19.2 Å². The molecule has 1 amide bonds. The van der Waals surface area contributed by atoms with Gasteiger partial charge in [0, 0.05) is 25.3 Å². The van der Waals surface area contributed by atoms with Gasteiger partial charge >= 0.3 is 0 Å². The highest BCUT2D eigenvalue weighted by Gasteiger charge is 2.20. The van der Waals surface area contributed by atoms with Crippen molar-refractivity contribution in [3.05, 3.63) is 29.8 Å². The molecular formula is C16H27Cl2N3O. The third kappa shape index (κ3) is 5.34. The lowest BCUT2D eigenvalue weighted by Crippen LogP contribution is -2.39. The van der Waals surface area contributed by atoms with Gasteiger partial charge in [0.1, 0.15) is 0 Å². The third-order valence-corrected chi connectivity index (χ3v) is 4.26. The van der Waals surface area contributed by atoms with E-state index in [-0.39, 0.29) is 30.7 Å². The predicted octanol–water partition coefficient (Wildman–Crippen LogP) is 3.06. The number of halogens is 2. The summed E-state index contributed by atoms with van der Waals surface area (Å²) < 4.78 is 0. The fourth-order valence-corrected chi connectivity index (χ4v) is 2.85. The maximum absolute atomic E-state index is 12.4. The van der Waals surface area contributed by atoms with Crippen LogP contribution in [-0.4, -0.2) is 48.9 Å². The van der Waals surface area contributed by atoms with Crippen molar-refractivity contribution in [2.24, 2.45) is 0 Å². The molecule has 6 heteroatoms. The van der Waals surface area contributed by atoms with E-state index >= 15 is 0 Å². The van der Waals surface area contributed by atoms with Crippen molar-refractivity contribution >= 4 is 36.4 Å². The van der Waals surface area contributed by atoms with Gasteiger partial charge < -0.3 is 15.5 Å². The number of hydrogen-bond acceptors (Lipinski definition) is 3. The first-order valence-corrected chi connectivity index (χ1v) is 7.40. The lowest BCUT2D eigenvalue weighted by atomic mass is 10.00. The summed E-state index contributed by atoms with van der Waals surface area (Å²) in [6.45, 7) is 1.95. The van der Waals surface area contributed by atoms with Crippen LogP contribution in [0.2, 0.25) is 0 Å². The minimum Gasteiger partial charge on any atom is -0.398 e. The molecule has 4 nitrogen and oxygen atoms in total. The molecule has 1 fully saturated rings.